The fourth-order valence-corrected chi connectivity index (χ4v) is 3.70. The van der Waals surface area contributed by atoms with Crippen LogP contribution in [0.1, 0.15) is 33.3 Å². The highest BCUT2D eigenvalue weighted by Gasteiger charge is 2.23. The Balaban J connectivity index is 2.94. The van der Waals surface area contributed by atoms with Crippen LogP contribution in [0.5, 0.6) is 0 Å². The largest absolute Gasteiger partial charge is 0.0985 e. The average Bonchev–Trinajstić information content (AvgIpc) is 2.18. The van der Waals surface area contributed by atoms with Crippen molar-refractivity contribution in [3.8, 4) is 0 Å². The second-order valence-corrected chi connectivity index (χ2v) is 8.16. The number of hydrogen-bond acceptors (Lipinski definition) is 0. The molecular weight excluding hydrogens is 196 g/mol. The van der Waals surface area contributed by atoms with Crippen LogP contribution in [-0.4, -0.2) is 9.52 Å². The third-order valence-electron chi connectivity index (χ3n) is 3.48. The van der Waals surface area contributed by atoms with Gasteiger partial charge in [0, 0.05) is 0 Å². The molecule has 1 aromatic carbocycles. The minimum absolute atomic E-state index is 0.242. The summed E-state index contributed by atoms with van der Waals surface area (Å²) in [5.74, 6) is 0.752. The Morgan fingerprint density at radius 2 is 1.87 bits per heavy atom. The lowest BCUT2D eigenvalue weighted by molar-refractivity contribution is 0.476. The van der Waals surface area contributed by atoms with Gasteiger partial charge in [-0.05, 0) is 16.5 Å². The van der Waals surface area contributed by atoms with E-state index in [9.17, 15) is 0 Å². The summed E-state index contributed by atoms with van der Waals surface area (Å²) in [6, 6.07) is 8.68. The second-order valence-electron chi connectivity index (χ2n) is 5.22. The number of hydrogen-bond donors (Lipinski definition) is 0. The predicted octanol–water partition coefficient (Wildman–Crippen LogP) is 2.98. The van der Waals surface area contributed by atoms with Gasteiger partial charge in [0.05, 0.1) is 9.52 Å². The molecule has 0 nitrogen and oxygen atoms in total. The van der Waals surface area contributed by atoms with E-state index in [1.54, 1.807) is 5.19 Å². The lowest BCUT2D eigenvalue weighted by Gasteiger charge is -2.29. The number of benzene rings is 1. The van der Waals surface area contributed by atoms with Gasteiger partial charge < -0.3 is 0 Å². The van der Waals surface area contributed by atoms with Crippen molar-refractivity contribution in [2.24, 2.45) is 5.92 Å². The maximum absolute atomic E-state index is 3.89. The molecule has 0 aliphatic carbocycles. The van der Waals surface area contributed by atoms with Crippen molar-refractivity contribution in [2.45, 2.75) is 32.7 Å². The molecule has 0 saturated heterocycles. The predicted molar refractivity (Wildman–Crippen MR) is 73.6 cm³/mol. The summed E-state index contributed by atoms with van der Waals surface area (Å²) in [5.41, 5.74) is 1.33. The fraction of sp³-hybridized carbons (Fsp3) is 0.429. The van der Waals surface area contributed by atoms with Gasteiger partial charge in [0.15, 0.2) is 0 Å². The molecule has 0 aliphatic rings. The summed E-state index contributed by atoms with van der Waals surface area (Å²) in [5, 5.41) is 2.03. The van der Waals surface area contributed by atoms with Crippen molar-refractivity contribution in [2.75, 3.05) is 0 Å². The summed E-state index contributed by atoms with van der Waals surface area (Å²) in [7, 11) is -0.242. The highest BCUT2D eigenvalue weighted by Crippen LogP contribution is 2.32. The SMILES string of the molecule is C=Cc1ccccc1[SiH2]C(C)(C)C(C)C. The van der Waals surface area contributed by atoms with Gasteiger partial charge in [-0.3, -0.25) is 0 Å². The Hall–Kier alpha value is -0.823. The molecular formula is C14H22Si. The molecule has 0 bridgehead atoms. The van der Waals surface area contributed by atoms with E-state index in [4.69, 9.17) is 0 Å². The zero-order chi connectivity index (χ0) is 11.5. The standard InChI is InChI=1S/C14H22Si/c1-6-12-9-7-8-10-13(12)15-14(4,5)11(2)3/h6-11H,1,15H2,2-5H3. The van der Waals surface area contributed by atoms with Crippen LogP contribution in [-0.2, 0) is 0 Å². The van der Waals surface area contributed by atoms with Crippen LogP contribution >= 0.6 is 0 Å². The molecule has 15 heavy (non-hydrogen) atoms. The monoisotopic (exact) mass is 218 g/mol. The first-order valence-electron chi connectivity index (χ1n) is 5.67. The molecule has 0 radical (unpaired) electrons. The van der Waals surface area contributed by atoms with Gasteiger partial charge in [-0.25, -0.2) is 0 Å². The summed E-state index contributed by atoms with van der Waals surface area (Å²) in [6.45, 7) is 13.3. The van der Waals surface area contributed by atoms with E-state index >= 15 is 0 Å². The third kappa shape index (κ3) is 3.06. The normalized spacial score (nSPS) is 12.6. The van der Waals surface area contributed by atoms with Gasteiger partial charge in [0.25, 0.3) is 0 Å². The van der Waals surface area contributed by atoms with Gasteiger partial charge in [0.1, 0.15) is 0 Å². The molecule has 0 heterocycles. The Bertz CT molecular complexity index is 337. The summed E-state index contributed by atoms with van der Waals surface area (Å²) < 4.78 is 0. The molecule has 0 N–H and O–H groups in total. The molecule has 0 amide bonds. The zero-order valence-corrected chi connectivity index (χ0v) is 11.8. The molecule has 82 valence electrons. The van der Waals surface area contributed by atoms with Crippen molar-refractivity contribution in [3.63, 3.8) is 0 Å². The van der Waals surface area contributed by atoms with E-state index < -0.39 is 0 Å². The topological polar surface area (TPSA) is 0 Å². The van der Waals surface area contributed by atoms with Crippen LogP contribution in [0, 0.1) is 5.92 Å². The maximum atomic E-state index is 3.89. The van der Waals surface area contributed by atoms with Gasteiger partial charge in [-0.1, -0.05) is 69.8 Å². The zero-order valence-electron chi connectivity index (χ0n) is 10.4. The molecule has 0 aliphatic heterocycles. The van der Waals surface area contributed by atoms with Gasteiger partial charge in [-0.15, -0.1) is 0 Å². The van der Waals surface area contributed by atoms with E-state index in [1.807, 2.05) is 6.08 Å². The van der Waals surface area contributed by atoms with Crippen LogP contribution in [0.25, 0.3) is 6.08 Å². The van der Waals surface area contributed by atoms with Crippen molar-refractivity contribution in [1.29, 1.82) is 0 Å². The van der Waals surface area contributed by atoms with E-state index in [2.05, 4.69) is 58.5 Å². The van der Waals surface area contributed by atoms with E-state index in [-0.39, 0.29) is 9.52 Å². The van der Waals surface area contributed by atoms with Crippen LogP contribution in [0.4, 0.5) is 0 Å². The molecule has 0 atom stereocenters. The summed E-state index contributed by atoms with van der Waals surface area (Å²) in [6.07, 6.45) is 1.98. The average molecular weight is 218 g/mol. The van der Waals surface area contributed by atoms with Gasteiger partial charge >= 0.3 is 0 Å². The Morgan fingerprint density at radius 3 is 2.40 bits per heavy atom. The first-order valence-corrected chi connectivity index (χ1v) is 7.09. The van der Waals surface area contributed by atoms with Crippen LogP contribution < -0.4 is 5.19 Å². The van der Waals surface area contributed by atoms with Gasteiger partial charge in [-0.2, -0.15) is 0 Å². The van der Waals surface area contributed by atoms with Crippen molar-refractivity contribution in [3.05, 3.63) is 36.4 Å². The molecule has 1 heteroatoms. The molecule has 0 saturated carbocycles. The third-order valence-corrected chi connectivity index (χ3v) is 6.24. The van der Waals surface area contributed by atoms with Crippen molar-refractivity contribution >= 4 is 20.8 Å². The molecule has 0 unspecified atom stereocenters. The Labute approximate surface area is 96.2 Å². The highest BCUT2D eigenvalue weighted by molar-refractivity contribution is 6.57. The summed E-state index contributed by atoms with van der Waals surface area (Å²) in [4.78, 5) is 0. The van der Waals surface area contributed by atoms with Crippen LogP contribution in [0.15, 0.2) is 30.8 Å². The van der Waals surface area contributed by atoms with Crippen LogP contribution in [0.2, 0.25) is 5.04 Å². The first kappa shape index (κ1) is 12.2. The molecule has 0 spiro atoms. The lowest BCUT2D eigenvalue weighted by Crippen LogP contribution is -2.30. The quantitative estimate of drug-likeness (QED) is 0.682. The first-order chi connectivity index (χ1) is 6.97. The molecule has 0 fully saturated rings. The summed E-state index contributed by atoms with van der Waals surface area (Å²) >= 11 is 0. The highest BCUT2D eigenvalue weighted by atomic mass is 28.2. The minimum Gasteiger partial charge on any atom is -0.0985 e. The molecule has 0 aromatic heterocycles. The Morgan fingerprint density at radius 1 is 1.27 bits per heavy atom. The second kappa shape index (κ2) is 4.80. The molecule has 1 aromatic rings. The maximum Gasteiger partial charge on any atom is 0.0614 e. The van der Waals surface area contributed by atoms with Crippen molar-refractivity contribution < 1.29 is 0 Å². The minimum atomic E-state index is -0.242. The van der Waals surface area contributed by atoms with E-state index in [0.717, 1.165) is 5.92 Å². The van der Waals surface area contributed by atoms with E-state index in [0.29, 0.717) is 5.04 Å². The smallest absolute Gasteiger partial charge is 0.0614 e. The van der Waals surface area contributed by atoms with Crippen LogP contribution in [0.3, 0.4) is 0 Å². The molecule has 1 rings (SSSR count). The fourth-order valence-electron chi connectivity index (χ4n) is 1.59. The lowest BCUT2D eigenvalue weighted by atomic mass is 9.99. The Kier molecular flexibility index (Phi) is 3.92. The van der Waals surface area contributed by atoms with Crippen molar-refractivity contribution in [1.82, 2.24) is 0 Å². The van der Waals surface area contributed by atoms with Gasteiger partial charge in [0.2, 0.25) is 0 Å². The van der Waals surface area contributed by atoms with E-state index in [1.165, 1.54) is 5.56 Å². The number of rotatable bonds is 4.